The van der Waals surface area contributed by atoms with Crippen molar-refractivity contribution in [2.24, 2.45) is 7.05 Å². The van der Waals surface area contributed by atoms with E-state index in [-0.39, 0.29) is 0 Å². The summed E-state index contributed by atoms with van der Waals surface area (Å²) in [6.45, 7) is 0. The molecule has 0 fully saturated rings. The number of hydrogen-bond acceptors (Lipinski definition) is 0. The molecule has 2 rings (SSSR count). The van der Waals surface area contributed by atoms with Gasteiger partial charge in [0.25, 0.3) is 5.15 Å². The number of nitrogens with zero attached hydrogens (tertiary/aromatic N) is 1. The van der Waals surface area contributed by atoms with Gasteiger partial charge < -0.3 is 0 Å². The SMILES string of the molecule is C[n+]1c(Cl)ccc2cc(Cl)ccc21. The van der Waals surface area contributed by atoms with Crippen molar-refractivity contribution < 1.29 is 4.57 Å². The highest BCUT2D eigenvalue weighted by atomic mass is 35.5. The Bertz CT molecular complexity index is 466. The Morgan fingerprint density at radius 2 is 1.85 bits per heavy atom. The zero-order valence-corrected chi connectivity index (χ0v) is 8.60. The zero-order chi connectivity index (χ0) is 9.42. The molecule has 0 saturated carbocycles. The zero-order valence-electron chi connectivity index (χ0n) is 7.09. The highest BCUT2D eigenvalue weighted by Crippen LogP contribution is 2.17. The van der Waals surface area contributed by atoms with Crippen LogP contribution in [-0.4, -0.2) is 0 Å². The molecule has 13 heavy (non-hydrogen) atoms. The van der Waals surface area contributed by atoms with E-state index in [0.717, 1.165) is 21.1 Å². The maximum Gasteiger partial charge on any atom is 0.275 e. The molecule has 0 aliphatic rings. The second-order valence-corrected chi connectivity index (χ2v) is 3.74. The predicted molar refractivity (Wildman–Crippen MR) is 55.1 cm³/mol. The van der Waals surface area contributed by atoms with Gasteiger partial charge in [0.15, 0.2) is 0 Å². The highest BCUT2D eigenvalue weighted by molar-refractivity contribution is 6.31. The smallest absolute Gasteiger partial charge is 0.184 e. The maximum atomic E-state index is 5.96. The van der Waals surface area contributed by atoms with E-state index in [1.54, 1.807) is 0 Å². The molecule has 1 nitrogen and oxygen atoms in total. The van der Waals surface area contributed by atoms with E-state index in [1.807, 2.05) is 41.9 Å². The van der Waals surface area contributed by atoms with Crippen molar-refractivity contribution in [2.75, 3.05) is 0 Å². The molecular formula is C10H8Cl2N+. The van der Waals surface area contributed by atoms with Crippen molar-refractivity contribution in [3.8, 4) is 0 Å². The molecule has 1 aromatic heterocycles. The first-order valence-corrected chi connectivity index (χ1v) is 4.68. The lowest BCUT2D eigenvalue weighted by atomic mass is 10.2. The first kappa shape index (κ1) is 8.79. The van der Waals surface area contributed by atoms with Crippen molar-refractivity contribution in [2.45, 2.75) is 0 Å². The molecule has 0 amide bonds. The van der Waals surface area contributed by atoms with Crippen LogP contribution in [-0.2, 0) is 7.05 Å². The molecule has 2 aromatic rings. The molecule has 1 aromatic carbocycles. The van der Waals surface area contributed by atoms with Gasteiger partial charge >= 0.3 is 0 Å². The summed E-state index contributed by atoms with van der Waals surface area (Å²) in [7, 11) is 1.93. The van der Waals surface area contributed by atoms with Crippen LogP contribution in [0, 0.1) is 0 Å². The Balaban J connectivity index is 2.87. The van der Waals surface area contributed by atoms with Gasteiger partial charge in [-0.05, 0) is 29.8 Å². The van der Waals surface area contributed by atoms with Gasteiger partial charge in [0.1, 0.15) is 7.05 Å². The van der Waals surface area contributed by atoms with Gasteiger partial charge in [-0.15, -0.1) is 0 Å². The fourth-order valence-corrected chi connectivity index (χ4v) is 1.68. The van der Waals surface area contributed by atoms with Crippen LogP contribution in [0.25, 0.3) is 10.9 Å². The van der Waals surface area contributed by atoms with Crippen molar-refractivity contribution in [1.82, 2.24) is 0 Å². The van der Waals surface area contributed by atoms with E-state index in [2.05, 4.69) is 0 Å². The second-order valence-electron chi connectivity index (χ2n) is 2.92. The Morgan fingerprint density at radius 1 is 1.08 bits per heavy atom. The average molecular weight is 213 g/mol. The van der Waals surface area contributed by atoms with E-state index >= 15 is 0 Å². The van der Waals surface area contributed by atoms with Crippen LogP contribution in [0.1, 0.15) is 0 Å². The van der Waals surface area contributed by atoms with E-state index in [4.69, 9.17) is 23.2 Å². The van der Waals surface area contributed by atoms with Crippen LogP contribution < -0.4 is 4.57 Å². The molecule has 0 radical (unpaired) electrons. The number of hydrogen-bond donors (Lipinski definition) is 0. The van der Waals surface area contributed by atoms with Gasteiger partial charge in [-0.25, -0.2) is 0 Å². The van der Waals surface area contributed by atoms with Crippen molar-refractivity contribution in [3.05, 3.63) is 40.5 Å². The summed E-state index contributed by atoms with van der Waals surface area (Å²) in [5.74, 6) is 0. The standard InChI is InChI=1S/C10H8Cl2N/c1-13-9-4-3-8(11)6-7(9)2-5-10(13)12/h2-6H,1H3/q+1. The van der Waals surface area contributed by atoms with Crippen molar-refractivity contribution in [1.29, 1.82) is 0 Å². The predicted octanol–water partition coefficient (Wildman–Crippen LogP) is 2.97. The summed E-state index contributed by atoms with van der Waals surface area (Å²) in [4.78, 5) is 0. The molecule has 0 aliphatic heterocycles. The van der Waals surface area contributed by atoms with Crippen LogP contribution in [0.3, 0.4) is 0 Å². The Hall–Kier alpha value is -0.790. The Morgan fingerprint density at radius 3 is 2.62 bits per heavy atom. The lowest BCUT2D eigenvalue weighted by Gasteiger charge is -1.97. The lowest BCUT2D eigenvalue weighted by Crippen LogP contribution is -2.30. The molecule has 0 saturated heterocycles. The fourth-order valence-electron chi connectivity index (χ4n) is 1.35. The molecule has 0 spiro atoms. The monoisotopic (exact) mass is 212 g/mol. The molecular weight excluding hydrogens is 205 g/mol. The quantitative estimate of drug-likeness (QED) is 0.467. The average Bonchev–Trinajstić information content (AvgIpc) is 2.12. The first-order chi connectivity index (χ1) is 6.18. The molecule has 0 N–H and O–H groups in total. The third kappa shape index (κ3) is 1.50. The third-order valence-corrected chi connectivity index (χ3v) is 2.69. The van der Waals surface area contributed by atoms with Crippen molar-refractivity contribution in [3.63, 3.8) is 0 Å². The number of halogens is 2. The van der Waals surface area contributed by atoms with Gasteiger partial charge in [-0.3, -0.25) is 0 Å². The third-order valence-electron chi connectivity index (χ3n) is 2.07. The lowest BCUT2D eigenvalue weighted by molar-refractivity contribution is -0.642. The molecule has 0 aliphatic carbocycles. The number of pyridine rings is 1. The Kier molecular flexibility index (Phi) is 2.14. The van der Waals surface area contributed by atoms with Gasteiger partial charge in [0.05, 0.1) is 0 Å². The molecule has 0 unspecified atom stereocenters. The largest absolute Gasteiger partial charge is 0.275 e. The number of benzene rings is 1. The minimum absolute atomic E-state index is 0.717. The fraction of sp³-hybridized carbons (Fsp3) is 0.100. The molecule has 1 heterocycles. The van der Waals surface area contributed by atoms with Crippen LogP contribution in [0.2, 0.25) is 10.2 Å². The summed E-state index contributed by atoms with van der Waals surface area (Å²) in [6, 6.07) is 9.57. The molecule has 0 atom stereocenters. The van der Waals surface area contributed by atoms with E-state index in [1.165, 1.54) is 0 Å². The number of fused-ring (bicyclic) bond motifs is 1. The topological polar surface area (TPSA) is 3.88 Å². The summed E-state index contributed by atoms with van der Waals surface area (Å²) >= 11 is 11.8. The van der Waals surface area contributed by atoms with Crippen molar-refractivity contribution >= 4 is 34.1 Å². The van der Waals surface area contributed by atoms with Gasteiger partial charge in [-0.1, -0.05) is 11.6 Å². The normalized spacial score (nSPS) is 10.7. The number of aryl methyl sites for hydroxylation is 1. The Labute approximate surface area is 86.5 Å². The summed E-state index contributed by atoms with van der Waals surface area (Å²) in [5.41, 5.74) is 1.08. The first-order valence-electron chi connectivity index (χ1n) is 3.92. The summed E-state index contributed by atoms with van der Waals surface area (Å²) in [6.07, 6.45) is 0. The van der Waals surface area contributed by atoms with E-state index < -0.39 is 0 Å². The van der Waals surface area contributed by atoms with Gasteiger partial charge in [-0.2, -0.15) is 4.57 Å². The molecule has 66 valence electrons. The number of aromatic nitrogens is 1. The molecule has 3 heteroatoms. The molecule has 0 bridgehead atoms. The summed E-state index contributed by atoms with van der Waals surface area (Å²) < 4.78 is 1.92. The van der Waals surface area contributed by atoms with Gasteiger partial charge in [0, 0.05) is 22.5 Å². The number of rotatable bonds is 0. The minimum atomic E-state index is 0.717. The van der Waals surface area contributed by atoms with Crippen LogP contribution in [0.15, 0.2) is 30.3 Å². The van der Waals surface area contributed by atoms with Crippen LogP contribution in [0.5, 0.6) is 0 Å². The maximum absolute atomic E-state index is 5.96. The van der Waals surface area contributed by atoms with E-state index in [9.17, 15) is 0 Å². The minimum Gasteiger partial charge on any atom is -0.184 e. The van der Waals surface area contributed by atoms with Crippen LogP contribution in [0.4, 0.5) is 0 Å². The summed E-state index contributed by atoms with van der Waals surface area (Å²) in [5, 5.41) is 2.56. The van der Waals surface area contributed by atoms with Crippen LogP contribution >= 0.6 is 23.2 Å². The highest BCUT2D eigenvalue weighted by Gasteiger charge is 2.08. The van der Waals surface area contributed by atoms with Gasteiger partial charge in [0.2, 0.25) is 5.52 Å². The second kappa shape index (κ2) is 3.17. The van der Waals surface area contributed by atoms with E-state index in [0.29, 0.717) is 0 Å².